The van der Waals surface area contributed by atoms with Crippen molar-refractivity contribution in [1.29, 1.82) is 0 Å². The Balaban J connectivity index is 1.37. The van der Waals surface area contributed by atoms with Crippen molar-refractivity contribution >= 4 is 64.6 Å². The Morgan fingerprint density at radius 1 is 0.260 bits per heavy atom. The van der Waals surface area contributed by atoms with E-state index in [0.717, 1.165) is 0 Å². The summed E-state index contributed by atoms with van der Waals surface area (Å²) < 4.78 is 0. The second-order valence-electron chi connectivity index (χ2n) is 13.8. The monoisotopic (exact) mass is 634 g/mol. The smallest absolute Gasteiger partial charge is 0.00697 e. The van der Waals surface area contributed by atoms with E-state index in [4.69, 9.17) is 0 Å². The molecule has 0 fully saturated rings. The van der Waals surface area contributed by atoms with Gasteiger partial charge in [0.1, 0.15) is 0 Å². The van der Waals surface area contributed by atoms with Gasteiger partial charge in [-0.05, 0) is 147 Å². The predicted molar refractivity (Wildman–Crippen MR) is 217 cm³/mol. The zero-order chi connectivity index (χ0) is 33.3. The van der Waals surface area contributed by atoms with Crippen molar-refractivity contribution in [3.63, 3.8) is 0 Å². The van der Waals surface area contributed by atoms with E-state index in [1.165, 1.54) is 109 Å². The normalized spacial score (nSPS) is 11.8. The quantitative estimate of drug-likeness (QED) is 0.170. The van der Waals surface area contributed by atoms with E-state index < -0.39 is 0 Å². The zero-order valence-electron chi connectivity index (χ0n) is 28.2. The molecule has 10 aromatic rings. The van der Waals surface area contributed by atoms with Gasteiger partial charge in [0.2, 0.25) is 0 Å². The Bertz CT molecular complexity index is 3000. The minimum Gasteiger partial charge on any atom is -0.0616 e. The van der Waals surface area contributed by atoms with Crippen LogP contribution in [0.5, 0.6) is 0 Å². The van der Waals surface area contributed by atoms with Crippen molar-refractivity contribution in [3.8, 4) is 33.4 Å². The minimum atomic E-state index is 1.23. The maximum atomic E-state index is 2.48. The van der Waals surface area contributed by atoms with Gasteiger partial charge in [-0.3, -0.25) is 0 Å². The van der Waals surface area contributed by atoms with Crippen LogP contribution in [-0.4, -0.2) is 0 Å². The lowest BCUT2D eigenvalue weighted by molar-refractivity contribution is 1.50. The van der Waals surface area contributed by atoms with Crippen LogP contribution in [0.1, 0.15) is 11.1 Å². The van der Waals surface area contributed by atoms with Crippen molar-refractivity contribution in [2.75, 3.05) is 0 Å². The molecule has 234 valence electrons. The second kappa shape index (κ2) is 11.2. The summed E-state index contributed by atoms with van der Waals surface area (Å²) in [6.45, 7) is 4.51. The number of benzene rings is 10. The molecular weight excluding hydrogens is 601 g/mol. The number of rotatable bonds is 3. The summed E-state index contributed by atoms with van der Waals surface area (Å²) >= 11 is 0. The molecule has 0 aliphatic carbocycles. The molecule has 0 aromatic heterocycles. The van der Waals surface area contributed by atoms with Crippen LogP contribution in [-0.2, 0) is 0 Å². The second-order valence-corrected chi connectivity index (χ2v) is 13.8. The van der Waals surface area contributed by atoms with E-state index in [9.17, 15) is 0 Å². The number of fused-ring (bicyclic) bond motifs is 8. The molecule has 0 bridgehead atoms. The molecule has 0 aliphatic heterocycles. The van der Waals surface area contributed by atoms with Crippen LogP contribution in [0.3, 0.4) is 0 Å². The molecule has 0 heterocycles. The van der Waals surface area contributed by atoms with Crippen LogP contribution < -0.4 is 0 Å². The van der Waals surface area contributed by atoms with Crippen LogP contribution in [0.2, 0.25) is 0 Å². The average Bonchev–Trinajstić information content (AvgIpc) is 3.17. The molecular formula is C50H34. The third kappa shape index (κ3) is 4.39. The molecule has 0 heteroatoms. The van der Waals surface area contributed by atoms with Gasteiger partial charge in [0, 0.05) is 0 Å². The number of hydrogen-bond donors (Lipinski definition) is 0. The van der Waals surface area contributed by atoms with E-state index in [0.29, 0.717) is 0 Å². The van der Waals surface area contributed by atoms with Crippen LogP contribution in [0.25, 0.3) is 98.0 Å². The standard InChI is InChI=1S/C50H34/c1-31-19-21-34-12-5-7-15-39(34)49(31)47-30-46-44-28-38(37-24-23-33-11-3-4-14-36(33)27-37)25-26-43(44)48(29-45(46)41-17-9-10-18-42(41)47)50-32(2)20-22-35-13-6-8-16-40(35)50/h3-30H,1-2H3. The van der Waals surface area contributed by atoms with Crippen LogP contribution in [0.15, 0.2) is 170 Å². The van der Waals surface area contributed by atoms with E-state index in [-0.39, 0.29) is 0 Å². The fourth-order valence-electron chi connectivity index (χ4n) is 8.44. The van der Waals surface area contributed by atoms with E-state index in [2.05, 4.69) is 184 Å². The molecule has 10 rings (SSSR count). The van der Waals surface area contributed by atoms with E-state index in [1.807, 2.05) is 0 Å². The van der Waals surface area contributed by atoms with E-state index >= 15 is 0 Å². The number of hydrogen-bond acceptors (Lipinski definition) is 0. The van der Waals surface area contributed by atoms with Gasteiger partial charge in [0.25, 0.3) is 0 Å². The Hall–Kier alpha value is -6.24. The summed E-state index contributed by atoms with van der Waals surface area (Å²) in [5.41, 5.74) is 10.2. The highest BCUT2D eigenvalue weighted by Gasteiger charge is 2.19. The zero-order valence-corrected chi connectivity index (χ0v) is 28.2. The summed E-state index contributed by atoms with van der Waals surface area (Å²) in [7, 11) is 0. The van der Waals surface area contributed by atoms with Crippen molar-refractivity contribution < 1.29 is 0 Å². The van der Waals surface area contributed by atoms with Crippen LogP contribution in [0.4, 0.5) is 0 Å². The first-order valence-electron chi connectivity index (χ1n) is 17.5. The Morgan fingerprint density at radius 3 is 1.32 bits per heavy atom. The van der Waals surface area contributed by atoms with Gasteiger partial charge in [-0.1, -0.05) is 146 Å². The van der Waals surface area contributed by atoms with Crippen molar-refractivity contribution in [3.05, 3.63) is 181 Å². The topological polar surface area (TPSA) is 0 Å². The third-order valence-electron chi connectivity index (χ3n) is 10.9. The van der Waals surface area contributed by atoms with Crippen molar-refractivity contribution in [2.45, 2.75) is 13.8 Å². The maximum Gasteiger partial charge on any atom is -0.00697 e. The number of aryl methyl sites for hydroxylation is 2. The maximum absolute atomic E-state index is 2.48. The lowest BCUT2D eigenvalue weighted by atomic mass is 9.83. The van der Waals surface area contributed by atoms with Crippen molar-refractivity contribution in [2.24, 2.45) is 0 Å². The molecule has 0 atom stereocenters. The average molecular weight is 635 g/mol. The highest BCUT2D eigenvalue weighted by molar-refractivity contribution is 6.26. The fourth-order valence-corrected chi connectivity index (χ4v) is 8.44. The molecule has 0 aliphatic rings. The molecule has 50 heavy (non-hydrogen) atoms. The van der Waals surface area contributed by atoms with Gasteiger partial charge in [-0.25, -0.2) is 0 Å². The lowest BCUT2D eigenvalue weighted by Crippen LogP contribution is -1.93. The SMILES string of the molecule is Cc1ccc2ccccc2c1-c1cc2c3cc(-c4ccc5ccccc5c4)ccc3c(-c3c(C)ccc4ccccc34)cc2c2ccccc12. The highest BCUT2D eigenvalue weighted by atomic mass is 14.2. The molecule has 0 spiro atoms. The fraction of sp³-hybridized carbons (Fsp3) is 0.0400. The molecule has 0 N–H and O–H groups in total. The third-order valence-corrected chi connectivity index (χ3v) is 10.9. The first-order valence-corrected chi connectivity index (χ1v) is 17.5. The molecule has 0 nitrogen and oxygen atoms in total. The van der Waals surface area contributed by atoms with Crippen LogP contribution in [0, 0.1) is 13.8 Å². The summed E-state index contributed by atoms with van der Waals surface area (Å²) in [5.74, 6) is 0. The molecule has 10 aromatic carbocycles. The molecule has 0 amide bonds. The minimum absolute atomic E-state index is 1.23. The summed E-state index contributed by atoms with van der Waals surface area (Å²) in [5, 5.41) is 15.3. The van der Waals surface area contributed by atoms with E-state index in [1.54, 1.807) is 0 Å². The molecule has 0 unspecified atom stereocenters. The Labute approximate surface area is 291 Å². The highest BCUT2D eigenvalue weighted by Crippen LogP contribution is 2.46. The van der Waals surface area contributed by atoms with Crippen LogP contribution >= 0.6 is 0 Å². The van der Waals surface area contributed by atoms with Gasteiger partial charge < -0.3 is 0 Å². The Kier molecular flexibility index (Phi) is 6.41. The summed E-state index contributed by atoms with van der Waals surface area (Å²) in [6.07, 6.45) is 0. The largest absolute Gasteiger partial charge is 0.0616 e. The summed E-state index contributed by atoms with van der Waals surface area (Å²) in [4.78, 5) is 0. The summed E-state index contributed by atoms with van der Waals surface area (Å²) in [6, 6.07) is 63.3. The molecule has 0 radical (unpaired) electrons. The lowest BCUT2D eigenvalue weighted by Gasteiger charge is -2.20. The van der Waals surface area contributed by atoms with Gasteiger partial charge >= 0.3 is 0 Å². The molecule has 0 saturated carbocycles. The van der Waals surface area contributed by atoms with Gasteiger partial charge in [0.05, 0.1) is 0 Å². The molecule has 0 saturated heterocycles. The van der Waals surface area contributed by atoms with Gasteiger partial charge in [-0.15, -0.1) is 0 Å². The van der Waals surface area contributed by atoms with Gasteiger partial charge in [-0.2, -0.15) is 0 Å². The first kappa shape index (κ1) is 28.7. The van der Waals surface area contributed by atoms with Gasteiger partial charge in [0.15, 0.2) is 0 Å². The Morgan fingerprint density at radius 2 is 0.680 bits per heavy atom. The van der Waals surface area contributed by atoms with Crippen molar-refractivity contribution in [1.82, 2.24) is 0 Å². The predicted octanol–water partition coefficient (Wildman–Crippen LogP) is 14.2. The first-order chi connectivity index (χ1) is 24.6.